The quantitative estimate of drug-likeness (QED) is 0.418. The van der Waals surface area contributed by atoms with Gasteiger partial charge in [-0.25, -0.2) is 0 Å². The summed E-state index contributed by atoms with van der Waals surface area (Å²) in [5.74, 6) is 0.113. The van der Waals surface area contributed by atoms with Gasteiger partial charge in [0.05, 0.1) is 16.2 Å². The number of benzene rings is 1. The van der Waals surface area contributed by atoms with Gasteiger partial charge in [0.1, 0.15) is 0 Å². The van der Waals surface area contributed by atoms with Crippen molar-refractivity contribution in [3.05, 3.63) is 40.5 Å². The zero-order chi connectivity index (χ0) is 19.5. The Kier molecular flexibility index (Phi) is 6.93. The number of hydrogen-bond acceptors (Lipinski definition) is 4. The van der Waals surface area contributed by atoms with Gasteiger partial charge in [0.15, 0.2) is 0 Å². The number of rotatable bonds is 0. The number of thiocarbonyl (C=S) groups is 1. The van der Waals surface area contributed by atoms with Crippen LogP contribution in [0.1, 0.15) is 64.5 Å². The normalized spacial score (nSPS) is 22.8. The molecule has 0 amide bonds. The summed E-state index contributed by atoms with van der Waals surface area (Å²) in [5.41, 5.74) is 12.0. The van der Waals surface area contributed by atoms with Crippen molar-refractivity contribution >= 4 is 33.9 Å². The Balaban J connectivity index is 0.000000190. The lowest BCUT2D eigenvalue weighted by Crippen LogP contribution is -2.26. The number of nitrogens with two attached hydrogens (primary N) is 1. The molecule has 1 aromatic rings. The van der Waals surface area contributed by atoms with Crippen LogP contribution < -0.4 is 5.73 Å². The Hall–Kier alpha value is -1.31. The van der Waals surface area contributed by atoms with Crippen molar-refractivity contribution < 1.29 is 0 Å². The van der Waals surface area contributed by atoms with Crippen LogP contribution in [-0.2, 0) is 5.41 Å². The lowest BCUT2D eigenvalue weighted by molar-refractivity contribution is 0.590. The van der Waals surface area contributed by atoms with Crippen LogP contribution in [0, 0.1) is 24.2 Å². The van der Waals surface area contributed by atoms with Crippen molar-refractivity contribution in [1.29, 1.82) is 5.26 Å². The second-order valence-electron chi connectivity index (χ2n) is 8.25. The lowest BCUT2D eigenvalue weighted by atomic mass is 9.83. The molecule has 0 spiro atoms. The van der Waals surface area contributed by atoms with Gasteiger partial charge in [-0.2, -0.15) is 5.26 Å². The van der Waals surface area contributed by atoms with Crippen LogP contribution in [0.15, 0.2) is 29.3 Å². The first-order chi connectivity index (χ1) is 12.1. The van der Waals surface area contributed by atoms with Gasteiger partial charge in [-0.1, -0.05) is 52.0 Å². The molecule has 4 heteroatoms. The molecule has 1 aliphatic carbocycles. The van der Waals surface area contributed by atoms with Gasteiger partial charge in [0, 0.05) is 10.9 Å². The highest BCUT2D eigenvalue weighted by atomic mass is 32.2. The standard InChI is InChI=1S/C11H13NS2.C11H17N/c1-7-10(6-12)8-4-2-3-5-9(8)11(13)14-7;1-8-7-9(11(2,3)4)5-6-10(8)12/h7,10H,2-5H2,1H3;5-7H,12H2,1-4H3. The van der Waals surface area contributed by atoms with Gasteiger partial charge < -0.3 is 5.73 Å². The van der Waals surface area contributed by atoms with E-state index in [2.05, 4.69) is 45.9 Å². The van der Waals surface area contributed by atoms with Crippen molar-refractivity contribution in [1.82, 2.24) is 0 Å². The second-order valence-corrected chi connectivity index (χ2v) is 10.3. The minimum atomic E-state index is 0.113. The summed E-state index contributed by atoms with van der Waals surface area (Å²) in [6, 6.07) is 8.68. The number of nitriles is 1. The molecule has 1 aromatic carbocycles. The van der Waals surface area contributed by atoms with Gasteiger partial charge in [-0.15, -0.1) is 11.8 Å². The molecule has 0 saturated carbocycles. The number of nitrogens with zero attached hydrogens (tertiary/aromatic N) is 1. The number of anilines is 1. The minimum absolute atomic E-state index is 0.113. The largest absolute Gasteiger partial charge is 0.399 e. The molecular weight excluding hydrogens is 356 g/mol. The Morgan fingerprint density at radius 3 is 2.46 bits per heavy atom. The summed E-state index contributed by atoms with van der Waals surface area (Å²) < 4.78 is 1.05. The molecule has 1 aliphatic heterocycles. The fourth-order valence-electron chi connectivity index (χ4n) is 3.42. The lowest BCUT2D eigenvalue weighted by Gasteiger charge is -2.32. The second kappa shape index (κ2) is 8.59. The maximum atomic E-state index is 9.15. The van der Waals surface area contributed by atoms with Gasteiger partial charge >= 0.3 is 0 Å². The summed E-state index contributed by atoms with van der Waals surface area (Å²) in [5, 5.41) is 9.50. The predicted molar refractivity (Wildman–Crippen MR) is 119 cm³/mol. The van der Waals surface area contributed by atoms with E-state index in [0.29, 0.717) is 5.25 Å². The van der Waals surface area contributed by atoms with Gasteiger partial charge in [0.25, 0.3) is 0 Å². The molecule has 0 radical (unpaired) electrons. The third-order valence-electron chi connectivity index (χ3n) is 5.17. The minimum Gasteiger partial charge on any atom is -0.399 e. The van der Waals surface area contributed by atoms with Crippen molar-refractivity contribution in [2.75, 3.05) is 5.73 Å². The van der Waals surface area contributed by atoms with E-state index in [1.807, 2.05) is 13.0 Å². The molecule has 2 unspecified atom stereocenters. The number of nitrogen functional groups attached to an aromatic ring is 1. The Bertz CT molecular complexity index is 750. The van der Waals surface area contributed by atoms with Crippen LogP contribution in [-0.4, -0.2) is 9.45 Å². The molecule has 2 aliphatic rings. The van der Waals surface area contributed by atoms with Gasteiger partial charge in [0.2, 0.25) is 0 Å². The summed E-state index contributed by atoms with van der Waals surface area (Å²) >= 11 is 7.09. The molecule has 0 saturated heterocycles. The molecule has 1 heterocycles. The first-order valence-electron chi connectivity index (χ1n) is 9.34. The third-order valence-corrected chi connectivity index (χ3v) is 6.81. The molecule has 26 heavy (non-hydrogen) atoms. The number of hydrogen-bond donors (Lipinski definition) is 1. The van der Waals surface area contributed by atoms with E-state index in [9.17, 15) is 0 Å². The molecule has 2 N–H and O–H groups in total. The van der Waals surface area contributed by atoms with Crippen LogP contribution in [0.2, 0.25) is 0 Å². The average molecular weight is 387 g/mol. The van der Waals surface area contributed by atoms with E-state index in [1.165, 1.54) is 35.1 Å². The Labute approximate surface area is 168 Å². The van der Waals surface area contributed by atoms with Crippen molar-refractivity contribution in [2.24, 2.45) is 5.92 Å². The zero-order valence-corrected chi connectivity index (χ0v) is 18.2. The van der Waals surface area contributed by atoms with E-state index in [-0.39, 0.29) is 11.3 Å². The van der Waals surface area contributed by atoms with Crippen LogP contribution in [0.5, 0.6) is 0 Å². The fourth-order valence-corrected chi connectivity index (χ4v) is 5.18. The van der Waals surface area contributed by atoms with E-state index in [0.717, 1.165) is 22.7 Å². The molecule has 0 fully saturated rings. The van der Waals surface area contributed by atoms with Crippen LogP contribution >= 0.6 is 24.0 Å². The van der Waals surface area contributed by atoms with E-state index in [1.54, 1.807) is 11.8 Å². The van der Waals surface area contributed by atoms with Crippen molar-refractivity contribution in [3.8, 4) is 6.07 Å². The van der Waals surface area contributed by atoms with Crippen molar-refractivity contribution in [3.63, 3.8) is 0 Å². The first kappa shape index (κ1) is 21.0. The summed E-state index contributed by atoms with van der Waals surface area (Å²) in [6.07, 6.45) is 4.67. The molecular formula is C22H30N2S2. The fraction of sp³-hybridized carbons (Fsp3) is 0.545. The van der Waals surface area contributed by atoms with E-state index >= 15 is 0 Å². The smallest absolute Gasteiger partial charge is 0.0798 e. The van der Waals surface area contributed by atoms with Crippen LogP contribution in [0.25, 0.3) is 0 Å². The van der Waals surface area contributed by atoms with Gasteiger partial charge in [-0.3, -0.25) is 0 Å². The molecule has 3 rings (SSSR count). The molecule has 2 atom stereocenters. The monoisotopic (exact) mass is 386 g/mol. The molecule has 140 valence electrons. The topological polar surface area (TPSA) is 49.8 Å². The van der Waals surface area contributed by atoms with Crippen molar-refractivity contribution in [2.45, 2.75) is 71.0 Å². The summed E-state index contributed by atoms with van der Waals surface area (Å²) in [4.78, 5) is 0. The zero-order valence-electron chi connectivity index (χ0n) is 16.6. The summed E-state index contributed by atoms with van der Waals surface area (Å²) in [7, 11) is 0. The van der Waals surface area contributed by atoms with Crippen LogP contribution in [0.3, 0.4) is 0 Å². The first-order valence-corrected chi connectivity index (χ1v) is 10.6. The maximum Gasteiger partial charge on any atom is 0.0798 e. The summed E-state index contributed by atoms with van der Waals surface area (Å²) in [6.45, 7) is 10.8. The average Bonchev–Trinajstić information content (AvgIpc) is 2.57. The number of aryl methyl sites for hydroxylation is 1. The maximum absolute atomic E-state index is 9.15. The third kappa shape index (κ3) is 4.90. The number of thioether (sulfide) groups is 1. The SMILES string of the molecule is CC1SC(=S)C2=C(CCCC2)C1C#N.Cc1cc(C(C)(C)C)ccc1N. The highest BCUT2D eigenvalue weighted by Gasteiger charge is 2.33. The molecule has 0 bridgehead atoms. The van der Waals surface area contributed by atoms with E-state index in [4.69, 9.17) is 23.2 Å². The predicted octanol–water partition coefficient (Wildman–Crippen LogP) is 6.33. The molecule has 2 nitrogen and oxygen atoms in total. The van der Waals surface area contributed by atoms with E-state index < -0.39 is 0 Å². The Morgan fingerprint density at radius 1 is 1.23 bits per heavy atom. The Morgan fingerprint density at radius 2 is 1.88 bits per heavy atom. The highest BCUT2D eigenvalue weighted by molar-refractivity contribution is 8.24. The van der Waals surface area contributed by atoms with Gasteiger partial charge in [-0.05, 0) is 66.4 Å². The number of allylic oxidation sites excluding steroid dienone is 1. The molecule has 0 aromatic heterocycles. The van der Waals surface area contributed by atoms with Crippen LogP contribution in [0.4, 0.5) is 5.69 Å². The highest BCUT2D eigenvalue weighted by Crippen LogP contribution is 2.42.